The second-order valence-corrected chi connectivity index (χ2v) is 2.36. The van der Waals surface area contributed by atoms with Gasteiger partial charge in [-0.05, 0) is 0 Å². The van der Waals surface area contributed by atoms with Gasteiger partial charge in [0.1, 0.15) is 0 Å². The van der Waals surface area contributed by atoms with E-state index < -0.39 is 7.12 Å². The fourth-order valence-electron chi connectivity index (χ4n) is 0.572. The van der Waals surface area contributed by atoms with Crippen LogP contribution in [0.5, 0.6) is 0 Å². The molecule has 0 aliphatic heterocycles. The molecule has 0 saturated heterocycles. The minimum absolute atomic E-state index is 0.747. The Kier molecular flexibility index (Phi) is 10.8. The Balaban J connectivity index is 3.56. The van der Waals surface area contributed by atoms with E-state index in [9.17, 15) is 0 Å². The van der Waals surface area contributed by atoms with Crippen molar-refractivity contribution in [1.82, 2.24) is 0 Å². The maximum atomic E-state index is 8.70. The average molecular weight is 158 g/mol. The first-order valence-electron chi connectivity index (χ1n) is 4.22. The number of rotatable bonds is 5. The van der Waals surface area contributed by atoms with E-state index in [1.807, 2.05) is 47.9 Å². The van der Waals surface area contributed by atoms with Crippen LogP contribution < -0.4 is 0 Å². The van der Waals surface area contributed by atoms with E-state index in [0.29, 0.717) is 0 Å². The van der Waals surface area contributed by atoms with E-state index >= 15 is 0 Å². The SMILES string of the molecule is BB=BB=BB=BB=BOB(C)O. The van der Waals surface area contributed by atoms with Crippen LogP contribution in [0.1, 0.15) is 0 Å². The first-order chi connectivity index (χ1) is 6.27. The number of hydrogen-bond acceptors (Lipinski definition) is 2. The van der Waals surface area contributed by atoms with E-state index in [0.717, 1.165) is 0 Å². The van der Waals surface area contributed by atoms with Gasteiger partial charge in [-0.15, -0.1) is 0 Å². The summed E-state index contributed by atoms with van der Waals surface area (Å²) in [6.45, 7) is 14.7. The van der Waals surface area contributed by atoms with Crippen LogP contribution >= 0.6 is 0 Å². The molecule has 0 amide bonds. The minimum atomic E-state index is -0.747. The van der Waals surface area contributed by atoms with Crippen LogP contribution in [-0.4, -0.2) is 73.7 Å². The summed E-state index contributed by atoms with van der Waals surface area (Å²) in [5, 5.41) is 8.70. The van der Waals surface area contributed by atoms with Gasteiger partial charge in [0.15, 0.2) is 0 Å². The standard InChI is InChI=1S/CH6B10O2/c1-11(12)13-10-9-8-7-6-5-4-3-2/h12H,2H2,1H3. The van der Waals surface area contributed by atoms with Crippen molar-refractivity contribution in [2.75, 3.05) is 0 Å². The fourth-order valence-corrected chi connectivity index (χ4v) is 0.572. The normalized spacial score (nSPS) is 7.54. The van der Waals surface area contributed by atoms with Gasteiger partial charge in [0.05, 0.1) is 0 Å². The first kappa shape index (κ1) is 13.4. The summed E-state index contributed by atoms with van der Waals surface area (Å²) in [6.07, 6.45) is 0. The van der Waals surface area contributed by atoms with Gasteiger partial charge in [-0.1, -0.05) is 0 Å². The molecule has 0 fully saturated rings. The van der Waals surface area contributed by atoms with Gasteiger partial charge in [-0.2, -0.15) is 0 Å². The Morgan fingerprint density at radius 3 is 2.15 bits per heavy atom. The molecule has 0 bridgehead atoms. The van der Waals surface area contributed by atoms with E-state index in [4.69, 9.17) is 9.60 Å². The van der Waals surface area contributed by atoms with E-state index in [-0.39, 0.29) is 0 Å². The van der Waals surface area contributed by atoms with Crippen molar-refractivity contribution >= 4 is 68.7 Å². The van der Waals surface area contributed by atoms with Crippen LogP contribution in [-0.2, 0) is 4.57 Å². The van der Waals surface area contributed by atoms with Crippen LogP contribution in [0.15, 0.2) is 0 Å². The molecular weight excluding hydrogens is 152 g/mol. The Labute approximate surface area is 85.5 Å². The predicted molar refractivity (Wildman–Crippen MR) is 69.5 cm³/mol. The van der Waals surface area contributed by atoms with Crippen molar-refractivity contribution in [3.63, 3.8) is 0 Å². The number of hydrogen-bond donors (Lipinski definition) is 1. The van der Waals surface area contributed by atoms with E-state index in [1.165, 1.54) is 7.00 Å². The Hall–Kier alpha value is 0.409. The Morgan fingerprint density at radius 2 is 1.62 bits per heavy atom. The molecule has 0 aliphatic carbocycles. The van der Waals surface area contributed by atoms with Gasteiger partial charge in [0.2, 0.25) is 0 Å². The van der Waals surface area contributed by atoms with E-state index in [2.05, 4.69) is 0 Å². The molecule has 12 heteroatoms. The van der Waals surface area contributed by atoms with Gasteiger partial charge in [0, 0.05) is 0 Å². The third kappa shape index (κ3) is 12.4. The van der Waals surface area contributed by atoms with Gasteiger partial charge in [0.25, 0.3) is 0 Å². The molecule has 52 valence electrons. The summed E-state index contributed by atoms with van der Waals surface area (Å²) in [5.74, 6) is 0. The summed E-state index contributed by atoms with van der Waals surface area (Å²) >= 11 is 0. The first-order valence-corrected chi connectivity index (χ1v) is 4.22. The molecule has 13 heavy (non-hydrogen) atoms. The maximum absolute atomic E-state index is 8.70. The monoisotopic (exact) mass is 160 g/mol. The summed E-state index contributed by atoms with van der Waals surface area (Å²) in [4.78, 5) is 0. The molecule has 0 aromatic heterocycles. The molecule has 0 radical (unpaired) electrons. The second kappa shape index (κ2) is 10.5. The zero-order valence-electron chi connectivity index (χ0n) is 8.05. The van der Waals surface area contributed by atoms with Gasteiger partial charge in [-0.3, -0.25) is 0 Å². The van der Waals surface area contributed by atoms with Crippen LogP contribution in [0.2, 0.25) is 6.82 Å². The molecule has 0 spiro atoms. The van der Waals surface area contributed by atoms with Crippen LogP contribution in [0.25, 0.3) is 0 Å². The summed E-state index contributed by atoms with van der Waals surface area (Å²) < 4.78 is 4.76. The van der Waals surface area contributed by atoms with Gasteiger partial charge in [-0.25, -0.2) is 0 Å². The summed E-state index contributed by atoms with van der Waals surface area (Å²) in [7, 11) is 2.66. The van der Waals surface area contributed by atoms with Crippen LogP contribution in [0, 0.1) is 0 Å². The Morgan fingerprint density at radius 1 is 1.08 bits per heavy atom. The van der Waals surface area contributed by atoms with Crippen molar-refractivity contribution in [3.8, 4) is 0 Å². The fraction of sp³-hybridized carbons (Fsp3) is 1.00. The molecule has 0 aromatic rings. The van der Waals surface area contributed by atoms with Crippen LogP contribution in [0.4, 0.5) is 0 Å². The molecule has 2 nitrogen and oxygen atoms in total. The Bertz CT molecular complexity index is 215. The molecule has 0 aliphatic rings. The molecule has 0 aromatic carbocycles. The molecule has 0 rings (SSSR count). The second-order valence-electron chi connectivity index (χ2n) is 2.36. The molecule has 0 saturated carbocycles. The molecular formula is CH6B10O2. The van der Waals surface area contributed by atoms with E-state index in [1.54, 1.807) is 13.5 Å². The molecule has 0 unspecified atom stereocenters. The van der Waals surface area contributed by atoms with Crippen molar-refractivity contribution in [1.29, 1.82) is 0 Å². The third-order valence-electron chi connectivity index (χ3n) is 1.10. The van der Waals surface area contributed by atoms with Crippen molar-refractivity contribution in [2.24, 2.45) is 0 Å². The van der Waals surface area contributed by atoms with Crippen molar-refractivity contribution in [3.05, 3.63) is 0 Å². The molecule has 1 N–H and O–H groups in total. The third-order valence-corrected chi connectivity index (χ3v) is 1.10. The zero-order valence-corrected chi connectivity index (χ0v) is 8.05. The quantitative estimate of drug-likeness (QED) is 0.410. The van der Waals surface area contributed by atoms with Gasteiger partial charge < -0.3 is 0 Å². The van der Waals surface area contributed by atoms with Crippen LogP contribution in [0.3, 0.4) is 0 Å². The topological polar surface area (TPSA) is 29.5 Å². The van der Waals surface area contributed by atoms with Gasteiger partial charge >= 0.3 is 85.1 Å². The molecule has 0 heterocycles. The molecule has 0 atom stereocenters. The summed E-state index contributed by atoms with van der Waals surface area (Å²) in [5.41, 5.74) is 0. The predicted octanol–water partition coefficient (Wildman–Crippen LogP) is -4.38. The van der Waals surface area contributed by atoms with Crippen molar-refractivity contribution < 1.29 is 9.60 Å². The van der Waals surface area contributed by atoms with Crippen molar-refractivity contribution in [2.45, 2.75) is 6.82 Å². The summed E-state index contributed by atoms with van der Waals surface area (Å²) in [6, 6.07) is 0. The average Bonchev–Trinajstić information content (AvgIpc) is 2.09. The zero-order chi connectivity index (χ0) is 9.94.